The molecule has 21 heavy (non-hydrogen) atoms. The van der Waals surface area contributed by atoms with Crippen molar-refractivity contribution in [2.75, 3.05) is 38.7 Å². The Morgan fingerprint density at radius 3 is 2.71 bits per heavy atom. The summed E-state index contributed by atoms with van der Waals surface area (Å²) >= 11 is 0. The summed E-state index contributed by atoms with van der Waals surface area (Å²) in [6.45, 7) is -0.839. The van der Waals surface area contributed by atoms with E-state index in [-0.39, 0.29) is 0 Å². The van der Waals surface area contributed by atoms with Crippen LogP contribution in [0.5, 0.6) is 5.75 Å². The predicted octanol–water partition coefficient (Wildman–Crippen LogP) is 1.80. The quantitative estimate of drug-likeness (QED) is 0.719. The van der Waals surface area contributed by atoms with Crippen LogP contribution in [0.1, 0.15) is 0 Å². The summed E-state index contributed by atoms with van der Waals surface area (Å²) in [5, 5.41) is 4.50. The molecule has 2 N–H and O–H groups in total. The Hall–Kier alpha value is -1.80. The van der Waals surface area contributed by atoms with Gasteiger partial charge < -0.3 is 20.1 Å². The van der Waals surface area contributed by atoms with Crippen LogP contribution in [0.4, 0.5) is 18.9 Å². The van der Waals surface area contributed by atoms with Crippen molar-refractivity contribution < 1.29 is 27.4 Å². The average molecular weight is 306 g/mol. The van der Waals surface area contributed by atoms with Crippen molar-refractivity contribution >= 4 is 11.6 Å². The molecule has 0 aliphatic carbocycles. The molecule has 5 nitrogen and oxygen atoms in total. The van der Waals surface area contributed by atoms with Crippen molar-refractivity contribution in [2.24, 2.45) is 0 Å². The van der Waals surface area contributed by atoms with Gasteiger partial charge in [0.2, 0.25) is 5.91 Å². The molecule has 1 aromatic rings. The highest BCUT2D eigenvalue weighted by Gasteiger charge is 2.26. The predicted molar refractivity (Wildman–Crippen MR) is 71.4 cm³/mol. The minimum Gasteiger partial charge on any atom is -0.491 e. The zero-order valence-corrected chi connectivity index (χ0v) is 11.5. The maximum Gasteiger partial charge on any atom is 0.401 e. The van der Waals surface area contributed by atoms with Crippen molar-refractivity contribution in [1.82, 2.24) is 5.32 Å². The SMILES string of the molecule is COCCOc1cccc(NC(=O)CNCC(F)(F)F)c1. The van der Waals surface area contributed by atoms with Gasteiger partial charge in [-0.1, -0.05) is 6.07 Å². The van der Waals surface area contributed by atoms with Crippen LogP contribution < -0.4 is 15.4 Å². The van der Waals surface area contributed by atoms with Crippen LogP contribution >= 0.6 is 0 Å². The fraction of sp³-hybridized carbons (Fsp3) is 0.462. The maximum absolute atomic E-state index is 11.9. The molecule has 0 spiro atoms. The molecule has 0 heterocycles. The van der Waals surface area contributed by atoms with E-state index in [2.05, 4.69) is 5.32 Å². The second-order valence-electron chi connectivity index (χ2n) is 4.14. The van der Waals surface area contributed by atoms with Gasteiger partial charge in [-0.15, -0.1) is 0 Å². The number of alkyl halides is 3. The highest BCUT2D eigenvalue weighted by molar-refractivity contribution is 5.92. The summed E-state index contributed by atoms with van der Waals surface area (Å²) in [6, 6.07) is 6.57. The lowest BCUT2D eigenvalue weighted by atomic mass is 10.3. The summed E-state index contributed by atoms with van der Waals surface area (Å²) in [7, 11) is 1.55. The van der Waals surface area contributed by atoms with E-state index in [9.17, 15) is 18.0 Å². The van der Waals surface area contributed by atoms with Crippen LogP contribution in [0.25, 0.3) is 0 Å². The van der Waals surface area contributed by atoms with Crippen molar-refractivity contribution in [2.45, 2.75) is 6.18 Å². The van der Waals surface area contributed by atoms with Gasteiger partial charge in [-0.2, -0.15) is 13.2 Å². The molecule has 1 rings (SSSR count). The first-order chi connectivity index (χ1) is 9.90. The fourth-order valence-electron chi connectivity index (χ4n) is 1.43. The molecule has 0 saturated carbocycles. The van der Waals surface area contributed by atoms with Gasteiger partial charge >= 0.3 is 6.18 Å². The number of anilines is 1. The van der Waals surface area contributed by atoms with Gasteiger partial charge in [0, 0.05) is 18.9 Å². The summed E-state index contributed by atoms with van der Waals surface area (Å²) in [6.07, 6.45) is -4.34. The normalized spacial score (nSPS) is 11.2. The fourth-order valence-corrected chi connectivity index (χ4v) is 1.43. The van der Waals surface area contributed by atoms with E-state index in [1.807, 2.05) is 5.32 Å². The van der Waals surface area contributed by atoms with Crippen LogP contribution in [0, 0.1) is 0 Å². The lowest BCUT2D eigenvalue weighted by Crippen LogP contribution is -2.35. The highest BCUT2D eigenvalue weighted by atomic mass is 19.4. The Bertz CT molecular complexity index is 453. The molecule has 1 amide bonds. The molecule has 0 atom stereocenters. The van der Waals surface area contributed by atoms with E-state index in [0.29, 0.717) is 24.7 Å². The molecule has 1 aromatic carbocycles. The molecule has 0 unspecified atom stereocenters. The first kappa shape index (κ1) is 17.3. The number of methoxy groups -OCH3 is 1. The zero-order chi connectivity index (χ0) is 15.7. The Labute approximate surface area is 120 Å². The van der Waals surface area contributed by atoms with Crippen LogP contribution in [0.2, 0.25) is 0 Å². The van der Waals surface area contributed by atoms with Crippen LogP contribution in [0.3, 0.4) is 0 Å². The van der Waals surface area contributed by atoms with E-state index in [0.717, 1.165) is 0 Å². The van der Waals surface area contributed by atoms with Gasteiger partial charge in [-0.25, -0.2) is 0 Å². The van der Waals surface area contributed by atoms with Gasteiger partial charge in [0.05, 0.1) is 19.7 Å². The molecule has 0 aliphatic rings. The number of amides is 1. The van der Waals surface area contributed by atoms with Gasteiger partial charge in [-0.3, -0.25) is 4.79 Å². The maximum atomic E-state index is 11.9. The molecule has 0 fully saturated rings. The molecule has 0 bridgehead atoms. The third-order valence-corrected chi connectivity index (χ3v) is 2.28. The highest BCUT2D eigenvalue weighted by Crippen LogP contribution is 2.17. The number of carbonyl (C=O) groups is 1. The molecular formula is C13H17F3N2O3. The Morgan fingerprint density at radius 2 is 2.05 bits per heavy atom. The monoisotopic (exact) mass is 306 g/mol. The van der Waals surface area contributed by atoms with Crippen LogP contribution in [0.15, 0.2) is 24.3 Å². The number of benzene rings is 1. The first-order valence-electron chi connectivity index (χ1n) is 6.20. The van der Waals surface area contributed by atoms with E-state index in [1.165, 1.54) is 0 Å². The van der Waals surface area contributed by atoms with Crippen LogP contribution in [-0.4, -0.2) is 45.5 Å². The number of ether oxygens (including phenoxy) is 2. The Balaban J connectivity index is 2.39. The number of halogens is 3. The molecule has 8 heteroatoms. The smallest absolute Gasteiger partial charge is 0.401 e. The van der Waals surface area contributed by atoms with Crippen molar-refractivity contribution in [1.29, 1.82) is 0 Å². The third kappa shape index (κ3) is 8.16. The Morgan fingerprint density at radius 1 is 1.29 bits per heavy atom. The summed E-state index contributed by atoms with van der Waals surface area (Å²) in [5.74, 6) is -0.0265. The van der Waals surface area contributed by atoms with Crippen molar-refractivity contribution in [3.05, 3.63) is 24.3 Å². The molecule has 0 radical (unpaired) electrons. The van der Waals surface area contributed by atoms with Crippen molar-refractivity contribution in [3.8, 4) is 5.75 Å². The largest absolute Gasteiger partial charge is 0.491 e. The number of carbonyl (C=O) groups excluding carboxylic acids is 1. The van der Waals surface area contributed by atoms with E-state index >= 15 is 0 Å². The van der Waals surface area contributed by atoms with Gasteiger partial charge in [0.25, 0.3) is 0 Å². The van der Waals surface area contributed by atoms with E-state index in [4.69, 9.17) is 9.47 Å². The second kappa shape index (κ2) is 8.48. The lowest BCUT2D eigenvalue weighted by molar-refractivity contribution is -0.126. The number of nitrogens with one attached hydrogen (secondary N) is 2. The minimum absolute atomic E-state index is 0.362. The number of hydrogen-bond acceptors (Lipinski definition) is 4. The van der Waals surface area contributed by atoms with E-state index in [1.54, 1.807) is 31.4 Å². The third-order valence-electron chi connectivity index (χ3n) is 2.28. The van der Waals surface area contributed by atoms with Crippen LogP contribution in [-0.2, 0) is 9.53 Å². The number of hydrogen-bond donors (Lipinski definition) is 2. The van der Waals surface area contributed by atoms with Crippen molar-refractivity contribution in [3.63, 3.8) is 0 Å². The van der Waals surface area contributed by atoms with E-state index < -0.39 is 25.2 Å². The van der Waals surface area contributed by atoms with Gasteiger partial charge in [0.1, 0.15) is 12.4 Å². The molecule has 0 aromatic heterocycles. The lowest BCUT2D eigenvalue weighted by Gasteiger charge is -2.10. The topological polar surface area (TPSA) is 59.6 Å². The molecular weight excluding hydrogens is 289 g/mol. The summed E-state index contributed by atoms with van der Waals surface area (Å²) < 4.78 is 45.9. The second-order valence-corrected chi connectivity index (χ2v) is 4.14. The minimum atomic E-state index is -4.34. The summed E-state index contributed by atoms with van der Waals surface area (Å²) in [4.78, 5) is 11.5. The Kier molecular flexibility index (Phi) is 6.97. The first-order valence-corrected chi connectivity index (χ1v) is 6.20. The number of rotatable bonds is 8. The zero-order valence-electron chi connectivity index (χ0n) is 11.5. The molecule has 0 aliphatic heterocycles. The molecule has 0 saturated heterocycles. The van der Waals surface area contributed by atoms with Gasteiger partial charge in [-0.05, 0) is 12.1 Å². The average Bonchev–Trinajstić information content (AvgIpc) is 2.38. The summed E-state index contributed by atoms with van der Waals surface area (Å²) in [5.41, 5.74) is 0.448. The van der Waals surface area contributed by atoms with Gasteiger partial charge in [0.15, 0.2) is 0 Å². The molecule has 118 valence electrons. The standard InChI is InChI=1S/C13H17F3N2O3/c1-20-5-6-21-11-4-2-3-10(7-11)18-12(19)8-17-9-13(14,15)16/h2-4,7,17H,5-6,8-9H2,1H3,(H,18,19).